The number of rotatable bonds is 9. The molecule has 2 atom stereocenters. The van der Waals surface area contributed by atoms with E-state index < -0.39 is 18.0 Å². The van der Waals surface area contributed by atoms with Crippen LogP contribution in [0.1, 0.15) is 31.4 Å². The highest BCUT2D eigenvalue weighted by atomic mass is 16.5. The molecule has 1 N–H and O–H groups in total. The second-order valence-corrected chi connectivity index (χ2v) is 6.54. The van der Waals surface area contributed by atoms with Crippen molar-refractivity contribution in [3.63, 3.8) is 0 Å². The molecule has 0 aliphatic carbocycles. The number of benzene rings is 2. The van der Waals surface area contributed by atoms with Gasteiger partial charge in [0, 0.05) is 12.3 Å². The number of ether oxygens (including phenoxy) is 2. The highest BCUT2D eigenvalue weighted by Crippen LogP contribution is 2.15. The Morgan fingerprint density at radius 1 is 1.03 bits per heavy atom. The minimum Gasteiger partial charge on any atom is -0.497 e. The van der Waals surface area contributed by atoms with Crippen LogP contribution >= 0.6 is 0 Å². The minimum atomic E-state index is -0.940. The van der Waals surface area contributed by atoms with Gasteiger partial charge in [-0.05, 0) is 59.5 Å². The van der Waals surface area contributed by atoms with Crippen LogP contribution in [-0.2, 0) is 9.59 Å². The second-order valence-electron chi connectivity index (χ2n) is 6.54. The van der Waals surface area contributed by atoms with Gasteiger partial charge in [-0.25, -0.2) is 9.59 Å². The van der Waals surface area contributed by atoms with Crippen LogP contribution in [-0.4, -0.2) is 36.4 Å². The maximum absolute atomic E-state index is 12.0. The third-order valence-electron chi connectivity index (χ3n) is 4.45. The average molecular weight is 395 g/mol. The van der Waals surface area contributed by atoms with E-state index in [4.69, 9.17) is 9.47 Å². The molecule has 0 aromatic heterocycles. The molecule has 0 bridgehead atoms. The average Bonchev–Trinajstić information content (AvgIpc) is 2.73. The zero-order valence-corrected chi connectivity index (χ0v) is 16.7. The number of carboxylic acids is 1. The van der Waals surface area contributed by atoms with Gasteiger partial charge < -0.3 is 14.6 Å². The lowest BCUT2D eigenvalue weighted by atomic mass is 10.00. The van der Waals surface area contributed by atoms with E-state index in [1.165, 1.54) is 12.3 Å². The van der Waals surface area contributed by atoms with Crippen molar-refractivity contribution in [3.8, 4) is 11.5 Å². The molecular formula is C23H25NO5. The largest absolute Gasteiger partial charge is 0.497 e. The summed E-state index contributed by atoms with van der Waals surface area (Å²) in [5, 5.41) is 9.27. The van der Waals surface area contributed by atoms with Gasteiger partial charge in [0.25, 0.3) is 0 Å². The first-order valence-electron chi connectivity index (χ1n) is 9.33. The summed E-state index contributed by atoms with van der Waals surface area (Å²) in [5.41, 5.74) is 1.58. The van der Waals surface area contributed by atoms with Crippen LogP contribution < -0.4 is 9.47 Å². The van der Waals surface area contributed by atoms with Crippen LogP contribution in [0.4, 0.5) is 0 Å². The summed E-state index contributed by atoms with van der Waals surface area (Å²) in [6.07, 6.45) is 5.26. The molecule has 6 heteroatoms. The van der Waals surface area contributed by atoms with Crippen LogP contribution in [0.2, 0.25) is 0 Å². The smallest absolute Gasteiger partial charge is 0.336 e. The van der Waals surface area contributed by atoms with E-state index in [2.05, 4.69) is 4.99 Å². The Morgan fingerprint density at radius 3 is 2.17 bits per heavy atom. The maximum atomic E-state index is 12.0. The van der Waals surface area contributed by atoms with Crippen LogP contribution in [0.3, 0.4) is 0 Å². The monoisotopic (exact) mass is 395 g/mol. The number of methoxy groups -OCH3 is 1. The molecule has 6 nitrogen and oxygen atoms in total. The maximum Gasteiger partial charge on any atom is 0.336 e. The van der Waals surface area contributed by atoms with Crippen molar-refractivity contribution in [2.45, 2.75) is 26.3 Å². The number of carbonyl (C=O) groups is 2. The van der Waals surface area contributed by atoms with Gasteiger partial charge in [-0.3, -0.25) is 4.99 Å². The van der Waals surface area contributed by atoms with Crippen LogP contribution in [0, 0.1) is 5.92 Å². The van der Waals surface area contributed by atoms with Crippen LogP contribution in [0.15, 0.2) is 59.6 Å². The second kappa shape index (κ2) is 10.8. The Labute approximate surface area is 170 Å². The third kappa shape index (κ3) is 6.92. The van der Waals surface area contributed by atoms with Crippen molar-refractivity contribution in [1.29, 1.82) is 0 Å². The topological polar surface area (TPSA) is 85.2 Å². The fraction of sp³-hybridized carbons (Fsp3) is 0.261. The molecule has 0 amide bonds. The number of carboxylic acid groups (broad SMARTS) is 1. The highest BCUT2D eigenvalue weighted by molar-refractivity contribution is 5.89. The number of aliphatic imine (C=N–C) groups is 1. The first kappa shape index (κ1) is 21.9. The first-order chi connectivity index (χ1) is 13.9. The number of nitrogens with zero attached hydrogens (tertiary/aromatic N) is 1. The molecule has 0 radical (unpaired) electrons. The summed E-state index contributed by atoms with van der Waals surface area (Å²) in [5.74, 6) is -0.355. The summed E-state index contributed by atoms with van der Waals surface area (Å²) in [7, 11) is 1.59. The predicted octanol–water partition coefficient (Wildman–Crippen LogP) is 4.23. The molecular weight excluding hydrogens is 370 g/mol. The van der Waals surface area contributed by atoms with Gasteiger partial charge >= 0.3 is 11.9 Å². The Kier molecular flexibility index (Phi) is 8.15. The lowest BCUT2D eigenvalue weighted by molar-refractivity contribution is -0.139. The molecule has 0 saturated heterocycles. The zero-order chi connectivity index (χ0) is 21.2. The van der Waals surface area contributed by atoms with Crippen molar-refractivity contribution in [2.75, 3.05) is 7.11 Å². The van der Waals surface area contributed by atoms with Gasteiger partial charge in [-0.2, -0.15) is 0 Å². The Hall–Kier alpha value is -3.41. The van der Waals surface area contributed by atoms with E-state index in [1.807, 2.05) is 26.0 Å². The lowest BCUT2D eigenvalue weighted by Gasteiger charge is -2.13. The summed E-state index contributed by atoms with van der Waals surface area (Å²) in [4.78, 5) is 27.5. The van der Waals surface area contributed by atoms with Crippen molar-refractivity contribution < 1.29 is 24.2 Å². The molecule has 2 rings (SSSR count). The molecule has 0 spiro atoms. The Balaban J connectivity index is 1.95. The molecule has 2 unspecified atom stereocenters. The van der Waals surface area contributed by atoms with Crippen molar-refractivity contribution in [3.05, 3.63) is 65.7 Å². The summed E-state index contributed by atoms with van der Waals surface area (Å²) in [6, 6.07) is 13.2. The number of carbonyl (C=O) groups excluding carboxylic acids is 1. The summed E-state index contributed by atoms with van der Waals surface area (Å²) in [6.45, 7) is 3.79. The third-order valence-corrected chi connectivity index (χ3v) is 4.45. The number of hydrogen-bond acceptors (Lipinski definition) is 5. The quantitative estimate of drug-likeness (QED) is 0.297. The number of aliphatic carboxylic acids is 1. The number of esters is 1. The SMILES string of the molecule is CCC(C)C(N=Cc1ccc(OC(=O)/C=C/c2ccc(OC)cc2)cc1)C(=O)O. The molecule has 0 aliphatic heterocycles. The van der Waals surface area contributed by atoms with Gasteiger partial charge in [0.2, 0.25) is 0 Å². The molecule has 29 heavy (non-hydrogen) atoms. The van der Waals surface area contributed by atoms with Gasteiger partial charge in [0.1, 0.15) is 17.5 Å². The standard InChI is InChI=1S/C23H25NO5/c1-4-16(2)22(23(26)27)24-15-18-7-12-20(13-8-18)29-21(25)14-9-17-5-10-19(28-3)11-6-17/h5-16,22H,4H2,1-3H3,(H,26,27)/b14-9+,24-15?. The molecule has 2 aromatic carbocycles. The Morgan fingerprint density at radius 2 is 1.62 bits per heavy atom. The van der Waals surface area contributed by atoms with E-state index >= 15 is 0 Å². The fourth-order valence-electron chi connectivity index (χ4n) is 2.50. The van der Waals surface area contributed by atoms with Gasteiger partial charge in [0.05, 0.1) is 7.11 Å². The highest BCUT2D eigenvalue weighted by Gasteiger charge is 2.21. The van der Waals surface area contributed by atoms with Crippen molar-refractivity contribution >= 4 is 24.2 Å². The minimum absolute atomic E-state index is 0.0542. The normalized spacial score (nSPS) is 13.3. The van der Waals surface area contributed by atoms with E-state index in [0.29, 0.717) is 5.75 Å². The zero-order valence-electron chi connectivity index (χ0n) is 16.7. The molecule has 0 aliphatic rings. The molecule has 0 fully saturated rings. The molecule has 152 valence electrons. The van der Waals surface area contributed by atoms with E-state index in [1.54, 1.807) is 49.6 Å². The van der Waals surface area contributed by atoms with Crippen LogP contribution in [0.25, 0.3) is 6.08 Å². The Bertz CT molecular complexity index is 869. The molecule has 0 saturated carbocycles. The molecule has 0 heterocycles. The van der Waals surface area contributed by atoms with Gasteiger partial charge in [0.15, 0.2) is 0 Å². The predicted molar refractivity (Wildman–Crippen MR) is 113 cm³/mol. The van der Waals surface area contributed by atoms with E-state index in [0.717, 1.165) is 23.3 Å². The lowest BCUT2D eigenvalue weighted by Crippen LogP contribution is -2.25. The van der Waals surface area contributed by atoms with Crippen molar-refractivity contribution in [2.24, 2.45) is 10.9 Å². The first-order valence-corrected chi connectivity index (χ1v) is 9.33. The van der Waals surface area contributed by atoms with Gasteiger partial charge in [-0.15, -0.1) is 0 Å². The van der Waals surface area contributed by atoms with E-state index in [9.17, 15) is 14.7 Å². The van der Waals surface area contributed by atoms with Crippen molar-refractivity contribution in [1.82, 2.24) is 0 Å². The fourth-order valence-corrected chi connectivity index (χ4v) is 2.50. The summed E-state index contributed by atoms with van der Waals surface area (Å²) >= 11 is 0. The van der Waals surface area contributed by atoms with Gasteiger partial charge in [-0.1, -0.05) is 32.4 Å². The van der Waals surface area contributed by atoms with E-state index in [-0.39, 0.29) is 5.92 Å². The number of hydrogen-bond donors (Lipinski definition) is 1. The molecule has 2 aromatic rings. The van der Waals surface area contributed by atoms with Crippen LogP contribution in [0.5, 0.6) is 11.5 Å². The summed E-state index contributed by atoms with van der Waals surface area (Å²) < 4.78 is 10.4.